The lowest BCUT2D eigenvalue weighted by Crippen LogP contribution is -2.52. The smallest absolute Gasteiger partial charge is 0.348 e. The summed E-state index contributed by atoms with van der Waals surface area (Å²) in [5.41, 5.74) is -0.981. The number of nitrogens with one attached hydrogen (secondary N) is 1. The number of carbonyl (C=O) groups is 6. The minimum absolute atomic E-state index is 0.0770. The highest BCUT2D eigenvalue weighted by atomic mass is 16.6. The van der Waals surface area contributed by atoms with Crippen LogP contribution in [0.4, 0.5) is 0 Å². The van der Waals surface area contributed by atoms with Crippen molar-refractivity contribution in [2.45, 2.75) is 84.8 Å². The highest BCUT2D eigenvalue weighted by Crippen LogP contribution is 2.27. The first-order valence-corrected chi connectivity index (χ1v) is 14.5. The first-order valence-electron chi connectivity index (χ1n) is 14.5. The molecule has 0 saturated carbocycles. The maximum absolute atomic E-state index is 13.8. The summed E-state index contributed by atoms with van der Waals surface area (Å²) in [5, 5.41) is 2.51. The molecular formula is C33H39NO10. The summed E-state index contributed by atoms with van der Waals surface area (Å²) in [6.45, 7) is 8.68. The summed E-state index contributed by atoms with van der Waals surface area (Å²) in [6.07, 6.45) is -5.42. The van der Waals surface area contributed by atoms with Gasteiger partial charge in [-0.1, -0.05) is 62.4 Å². The molecule has 1 fully saturated rings. The highest BCUT2D eigenvalue weighted by molar-refractivity contribution is 6.06. The molecule has 0 bridgehead atoms. The van der Waals surface area contributed by atoms with Crippen LogP contribution >= 0.6 is 0 Å². The second-order valence-corrected chi connectivity index (χ2v) is 11.4. The van der Waals surface area contributed by atoms with Gasteiger partial charge in [0.05, 0.1) is 0 Å². The number of benzene rings is 2. The number of esters is 4. The van der Waals surface area contributed by atoms with Gasteiger partial charge in [0.15, 0.2) is 24.0 Å². The van der Waals surface area contributed by atoms with Crippen LogP contribution in [0.2, 0.25) is 0 Å². The van der Waals surface area contributed by atoms with Crippen LogP contribution in [0, 0.1) is 11.3 Å². The second-order valence-electron chi connectivity index (χ2n) is 11.4. The van der Waals surface area contributed by atoms with E-state index in [9.17, 15) is 28.8 Å². The number of hydrogen-bond acceptors (Lipinski definition) is 10. The zero-order valence-corrected chi connectivity index (χ0v) is 25.7. The SMILES string of the molecule is CC[C@H](C)[C@@H]1OC(=O)C(C)(C)C(=O)[C@@H](Cc2ccccc2)OC(=O)[C@@H](C)OC(=O)[C@@H](NC(=O)c2ccccc2)[C@@H](C)OC1=O. The topological polar surface area (TPSA) is 151 Å². The molecule has 1 aliphatic heterocycles. The van der Waals surface area contributed by atoms with E-state index in [4.69, 9.17) is 18.9 Å². The molecule has 1 amide bonds. The average molecular weight is 610 g/mol. The van der Waals surface area contributed by atoms with Gasteiger partial charge in [-0.2, -0.15) is 0 Å². The van der Waals surface area contributed by atoms with Crippen molar-refractivity contribution in [2.75, 3.05) is 0 Å². The van der Waals surface area contributed by atoms with Gasteiger partial charge in [-0.25, -0.2) is 14.4 Å². The van der Waals surface area contributed by atoms with E-state index in [1.165, 1.54) is 39.8 Å². The van der Waals surface area contributed by atoms with E-state index in [1.807, 2.05) is 0 Å². The third kappa shape index (κ3) is 8.30. The van der Waals surface area contributed by atoms with Gasteiger partial charge in [0, 0.05) is 17.9 Å². The minimum Gasteiger partial charge on any atom is -0.457 e. The molecule has 236 valence electrons. The summed E-state index contributed by atoms with van der Waals surface area (Å²) in [7, 11) is 0. The molecular weight excluding hydrogens is 570 g/mol. The van der Waals surface area contributed by atoms with Crippen LogP contribution in [-0.4, -0.2) is 66.0 Å². The van der Waals surface area contributed by atoms with E-state index >= 15 is 0 Å². The van der Waals surface area contributed by atoms with Crippen molar-refractivity contribution in [3.05, 3.63) is 71.8 Å². The molecule has 0 aliphatic carbocycles. The Labute approximate surface area is 256 Å². The number of amides is 1. The van der Waals surface area contributed by atoms with Crippen molar-refractivity contribution < 1.29 is 47.7 Å². The molecule has 3 rings (SSSR count). The summed E-state index contributed by atoms with van der Waals surface area (Å²) < 4.78 is 22.1. The molecule has 1 saturated heterocycles. The van der Waals surface area contributed by atoms with Crippen LogP contribution in [0.5, 0.6) is 0 Å². The van der Waals surface area contributed by atoms with Crippen LogP contribution in [-0.2, 0) is 49.3 Å². The quantitative estimate of drug-likeness (QED) is 0.293. The summed E-state index contributed by atoms with van der Waals surface area (Å²) in [4.78, 5) is 80.2. The fourth-order valence-electron chi connectivity index (χ4n) is 4.42. The summed E-state index contributed by atoms with van der Waals surface area (Å²) in [6, 6.07) is 15.2. The molecule has 0 aromatic heterocycles. The maximum atomic E-state index is 13.8. The van der Waals surface area contributed by atoms with E-state index in [-0.39, 0.29) is 12.0 Å². The maximum Gasteiger partial charge on any atom is 0.348 e. The largest absolute Gasteiger partial charge is 0.457 e. The minimum atomic E-state index is -1.84. The fraction of sp³-hybridized carbons (Fsp3) is 0.455. The number of carbonyl (C=O) groups excluding carboxylic acids is 6. The number of Topliss-reactive ketones (excluding diaryl/α,β-unsaturated/α-hetero) is 1. The fourth-order valence-corrected chi connectivity index (χ4v) is 4.42. The summed E-state index contributed by atoms with van der Waals surface area (Å²) >= 11 is 0. The Kier molecular flexibility index (Phi) is 11.4. The molecule has 44 heavy (non-hydrogen) atoms. The third-order valence-electron chi connectivity index (χ3n) is 7.54. The van der Waals surface area contributed by atoms with Gasteiger partial charge < -0.3 is 24.3 Å². The predicted molar refractivity (Wildman–Crippen MR) is 157 cm³/mol. The van der Waals surface area contributed by atoms with Gasteiger partial charge in [0.1, 0.15) is 11.5 Å². The lowest BCUT2D eigenvalue weighted by molar-refractivity contribution is -0.183. The number of ether oxygens (including phenoxy) is 4. The number of cyclic esters (lactones) is 4. The van der Waals surface area contributed by atoms with E-state index in [0.29, 0.717) is 12.0 Å². The van der Waals surface area contributed by atoms with Crippen LogP contribution < -0.4 is 5.32 Å². The van der Waals surface area contributed by atoms with Gasteiger partial charge >= 0.3 is 23.9 Å². The average Bonchev–Trinajstić information content (AvgIpc) is 3.01. The molecule has 1 N–H and O–H groups in total. The number of ketones is 1. The van der Waals surface area contributed by atoms with Gasteiger partial charge in [-0.15, -0.1) is 0 Å². The molecule has 0 spiro atoms. The third-order valence-corrected chi connectivity index (χ3v) is 7.54. The first-order chi connectivity index (χ1) is 20.8. The molecule has 1 heterocycles. The Hall–Kier alpha value is -4.54. The van der Waals surface area contributed by atoms with Crippen LogP contribution in [0.15, 0.2) is 60.7 Å². The van der Waals surface area contributed by atoms with Crippen molar-refractivity contribution in [2.24, 2.45) is 11.3 Å². The highest BCUT2D eigenvalue weighted by Gasteiger charge is 2.47. The van der Waals surface area contributed by atoms with Crippen molar-refractivity contribution in [3.63, 3.8) is 0 Å². The second kappa shape index (κ2) is 14.8. The van der Waals surface area contributed by atoms with Gasteiger partial charge in [0.2, 0.25) is 6.10 Å². The lowest BCUT2D eigenvalue weighted by atomic mass is 9.83. The Balaban J connectivity index is 2.03. The van der Waals surface area contributed by atoms with Gasteiger partial charge in [-0.3, -0.25) is 14.4 Å². The Morgan fingerprint density at radius 3 is 2.00 bits per heavy atom. The molecule has 0 radical (unpaired) electrons. The Morgan fingerprint density at radius 1 is 0.818 bits per heavy atom. The van der Waals surface area contributed by atoms with Crippen molar-refractivity contribution in [1.29, 1.82) is 0 Å². The molecule has 1 aliphatic rings. The molecule has 6 atom stereocenters. The Morgan fingerprint density at radius 2 is 1.41 bits per heavy atom. The Bertz CT molecular complexity index is 1360. The van der Waals surface area contributed by atoms with E-state index in [1.54, 1.807) is 62.4 Å². The standard InChI is InChI=1S/C33H39NO10/c1-7-19(2)26-31(39)41-20(3)25(34-28(36)23-16-12-9-13-17-23)30(38)42-21(4)29(37)43-24(18-22-14-10-8-11-15-22)27(35)33(5,6)32(40)44-26/h8-17,19-21,24-26H,7,18H2,1-6H3,(H,34,36)/t19-,20+,21+,24+,25-,26-/m0/s1. The van der Waals surface area contributed by atoms with E-state index in [2.05, 4.69) is 5.32 Å². The monoisotopic (exact) mass is 609 g/mol. The summed E-state index contributed by atoms with van der Waals surface area (Å²) in [5.74, 6) is -6.11. The molecule has 2 aromatic rings. The van der Waals surface area contributed by atoms with Crippen molar-refractivity contribution in [1.82, 2.24) is 5.32 Å². The van der Waals surface area contributed by atoms with Crippen LogP contribution in [0.1, 0.15) is 63.9 Å². The molecule has 11 nitrogen and oxygen atoms in total. The zero-order chi connectivity index (χ0) is 32.6. The first kappa shape index (κ1) is 34.0. The van der Waals surface area contributed by atoms with Gasteiger partial charge in [-0.05, 0) is 51.8 Å². The van der Waals surface area contributed by atoms with Gasteiger partial charge in [0.25, 0.3) is 5.91 Å². The van der Waals surface area contributed by atoms with Crippen molar-refractivity contribution >= 4 is 35.6 Å². The number of hydrogen-bond donors (Lipinski definition) is 1. The lowest BCUT2D eigenvalue weighted by Gasteiger charge is -2.30. The van der Waals surface area contributed by atoms with E-state index in [0.717, 1.165) is 0 Å². The molecule has 11 heteroatoms. The molecule has 0 unspecified atom stereocenters. The number of rotatable bonds is 6. The predicted octanol–water partition coefficient (Wildman–Crippen LogP) is 3.37. The molecule has 2 aromatic carbocycles. The van der Waals surface area contributed by atoms with Crippen LogP contribution in [0.25, 0.3) is 0 Å². The van der Waals surface area contributed by atoms with Crippen molar-refractivity contribution in [3.8, 4) is 0 Å². The zero-order valence-electron chi connectivity index (χ0n) is 25.7. The van der Waals surface area contributed by atoms with E-state index < -0.39 is 77.4 Å². The normalized spacial score (nSPS) is 25.7. The van der Waals surface area contributed by atoms with Crippen LogP contribution in [0.3, 0.4) is 0 Å².